The Balaban J connectivity index is 1.44. The third-order valence-corrected chi connectivity index (χ3v) is 5.92. The zero-order valence-electron chi connectivity index (χ0n) is 19.6. The number of hydrogen-bond acceptors (Lipinski definition) is 9. The van der Waals surface area contributed by atoms with Gasteiger partial charge in [0.15, 0.2) is 6.10 Å². The molecule has 12 heteroatoms. The number of ether oxygens (including phenoxy) is 1. The fourth-order valence-electron chi connectivity index (χ4n) is 4.04. The number of hydrogen-bond donors (Lipinski definition) is 4. The van der Waals surface area contributed by atoms with E-state index in [0.29, 0.717) is 45.2 Å². The number of nitrogens with two attached hydrogens (primary N) is 2. The van der Waals surface area contributed by atoms with Crippen LogP contribution in [0.25, 0.3) is 0 Å². The second-order valence-corrected chi connectivity index (χ2v) is 8.54. The highest BCUT2D eigenvalue weighted by atomic mass is 16.6. The molecule has 0 aliphatic carbocycles. The van der Waals surface area contributed by atoms with Gasteiger partial charge in [0.2, 0.25) is 11.9 Å². The van der Waals surface area contributed by atoms with Gasteiger partial charge in [0, 0.05) is 13.1 Å². The van der Waals surface area contributed by atoms with Gasteiger partial charge in [-0.25, -0.2) is 9.59 Å². The lowest BCUT2D eigenvalue weighted by Gasteiger charge is -2.27. The zero-order valence-corrected chi connectivity index (χ0v) is 19.6. The van der Waals surface area contributed by atoms with Crippen LogP contribution >= 0.6 is 0 Å². The van der Waals surface area contributed by atoms with Gasteiger partial charge >= 0.3 is 11.9 Å². The number of benzene rings is 1. The molecule has 0 bridgehead atoms. The number of rotatable bonds is 13. The van der Waals surface area contributed by atoms with E-state index in [1.54, 1.807) is 0 Å². The van der Waals surface area contributed by atoms with E-state index in [2.05, 4.69) is 15.5 Å². The number of amides is 1. The van der Waals surface area contributed by atoms with E-state index in [0.717, 1.165) is 12.0 Å². The highest BCUT2D eigenvalue weighted by molar-refractivity contribution is 5.89. The molecule has 2 heterocycles. The van der Waals surface area contributed by atoms with Crippen LogP contribution < -0.4 is 16.9 Å². The Morgan fingerprint density at radius 2 is 1.97 bits per heavy atom. The van der Waals surface area contributed by atoms with E-state index in [-0.39, 0.29) is 18.3 Å². The van der Waals surface area contributed by atoms with Crippen molar-refractivity contribution in [2.75, 3.05) is 24.2 Å². The predicted molar refractivity (Wildman–Crippen MR) is 128 cm³/mol. The number of carboxylic acid groups (broad SMARTS) is 1. The Labute approximate surface area is 203 Å². The highest BCUT2D eigenvalue weighted by Gasteiger charge is 2.38. The first kappa shape index (κ1) is 25.9. The molecule has 2 aromatic rings. The van der Waals surface area contributed by atoms with E-state index >= 15 is 0 Å². The summed E-state index contributed by atoms with van der Waals surface area (Å²) < 4.78 is 5.33. The first-order valence-electron chi connectivity index (χ1n) is 11.8. The van der Waals surface area contributed by atoms with E-state index in [1.807, 2.05) is 30.3 Å². The SMILES string of the molecule is Nc1ncn(NCCCC[C@H](N)C(=O)N2CCC[C@H]2C(=O)O[C@@H](CCc2ccccc2)C(=O)O)n1. The lowest BCUT2D eigenvalue weighted by atomic mass is 10.1. The van der Waals surface area contributed by atoms with Crippen LogP contribution in [0.5, 0.6) is 0 Å². The molecule has 1 amide bonds. The third-order valence-electron chi connectivity index (χ3n) is 5.92. The molecule has 6 N–H and O–H groups in total. The number of carboxylic acids is 1. The number of carbonyl (C=O) groups is 3. The average Bonchev–Trinajstić information content (AvgIpc) is 3.50. The van der Waals surface area contributed by atoms with E-state index in [1.165, 1.54) is 16.0 Å². The summed E-state index contributed by atoms with van der Waals surface area (Å²) >= 11 is 0. The smallest absolute Gasteiger partial charge is 0.345 e. The van der Waals surface area contributed by atoms with Crippen molar-refractivity contribution < 1.29 is 24.2 Å². The number of carbonyl (C=O) groups excluding carboxylic acids is 2. The van der Waals surface area contributed by atoms with Gasteiger partial charge in [0.05, 0.1) is 6.04 Å². The molecule has 0 unspecified atom stereocenters. The number of nitrogens with zero attached hydrogens (tertiary/aromatic N) is 4. The van der Waals surface area contributed by atoms with Gasteiger partial charge in [-0.1, -0.05) is 30.3 Å². The number of unbranched alkanes of at least 4 members (excludes halogenated alkanes) is 1. The molecule has 1 fully saturated rings. The minimum atomic E-state index is -1.28. The monoisotopic (exact) mass is 487 g/mol. The van der Waals surface area contributed by atoms with Crippen molar-refractivity contribution in [1.82, 2.24) is 19.8 Å². The Hall–Kier alpha value is -3.67. The summed E-state index contributed by atoms with van der Waals surface area (Å²) in [6.07, 6.45) is 3.74. The van der Waals surface area contributed by atoms with Crippen LogP contribution in [0, 0.1) is 0 Å². The number of aliphatic carboxylic acids is 1. The second-order valence-electron chi connectivity index (χ2n) is 8.54. The number of anilines is 1. The molecule has 0 saturated carbocycles. The molecular formula is C23H33N7O5. The third kappa shape index (κ3) is 7.67. The summed E-state index contributed by atoms with van der Waals surface area (Å²) in [7, 11) is 0. The van der Waals surface area contributed by atoms with Gasteiger partial charge in [-0.15, -0.1) is 5.10 Å². The Bertz CT molecular complexity index is 984. The minimum absolute atomic E-state index is 0.153. The number of nitrogens with one attached hydrogen (secondary N) is 1. The topological polar surface area (TPSA) is 179 Å². The summed E-state index contributed by atoms with van der Waals surface area (Å²) in [5.74, 6) is -2.05. The van der Waals surface area contributed by atoms with E-state index in [4.69, 9.17) is 16.2 Å². The maximum Gasteiger partial charge on any atom is 0.345 e. The molecule has 3 rings (SSSR count). The maximum atomic E-state index is 12.9. The van der Waals surface area contributed by atoms with Crippen LogP contribution in [0.15, 0.2) is 36.7 Å². The summed E-state index contributed by atoms with van der Waals surface area (Å²) in [5.41, 5.74) is 15.5. The standard InChI is InChI=1S/C23H33N7O5/c24-17(9-4-5-13-27-30-15-26-23(25)28-30)20(31)29-14-6-10-18(29)22(34)35-19(21(32)33)12-11-16-7-2-1-3-8-16/h1-3,7-8,15,17-19,27H,4-6,9-14,24H2,(H2,25,28)(H,32,33)/t17-,18-,19-/m0/s1. The molecule has 0 spiro atoms. The molecule has 12 nitrogen and oxygen atoms in total. The fraction of sp³-hybridized carbons (Fsp3) is 0.522. The molecule has 1 saturated heterocycles. The number of aryl methyl sites for hydroxylation is 1. The Morgan fingerprint density at radius 1 is 1.20 bits per heavy atom. The molecule has 1 aliphatic rings. The van der Waals surface area contributed by atoms with Crippen molar-refractivity contribution in [3.8, 4) is 0 Å². The summed E-state index contributed by atoms with van der Waals surface area (Å²) in [6, 6.07) is 7.82. The molecule has 1 aromatic carbocycles. The number of esters is 1. The lowest BCUT2D eigenvalue weighted by molar-refractivity contribution is -0.168. The number of nitrogen functional groups attached to an aromatic ring is 1. The zero-order chi connectivity index (χ0) is 25.2. The van der Waals surface area contributed by atoms with Crippen molar-refractivity contribution >= 4 is 23.8 Å². The minimum Gasteiger partial charge on any atom is -0.479 e. The fourth-order valence-corrected chi connectivity index (χ4v) is 4.04. The van der Waals surface area contributed by atoms with Crippen molar-refractivity contribution in [3.63, 3.8) is 0 Å². The molecule has 1 aromatic heterocycles. The van der Waals surface area contributed by atoms with E-state index in [9.17, 15) is 19.5 Å². The number of likely N-dealkylation sites (tertiary alicyclic amines) is 1. The van der Waals surface area contributed by atoms with Crippen LogP contribution in [0.2, 0.25) is 0 Å². The predicted octanol–water partition coefficient (Wildman–Crippen LogP) is 0.522. The highest BCUT2D eigenvalue weighted by Crippen LogP contribution is 2.21. The summed E-state index contributed by atoms with van der Waals surface area (Å²) in [6.45, 7) is 0.991. The summed E-state index contributed by atoms with van der Waals surface area (Å²) in [4.78, 5) is 44.0. The normalized spacial score (nSPS) is 17.1. The molecule has 35 heavy (non-hydrogen) atoms. The van der Waals surface area contributed by atoms with Gasteiger partial charge in [-0.2, -0.15) is 9.77 Å². The van der Waals surface area contributed by atoms with Crippen LogP contribution in [-0.2, 0) is 25.5 Å². The lowest BCUT2D eigenvalue weighted by Crippen LogP contribution is -2.49. The van der Waals surface area contributed by atoms with Crippen molar-refractivity contribution in [2.45, 2.75) is 63.1 Å². The first-order valence-corrected chi connectivity index (χ1v) is 11.8. The molecule has 0 radical (unpaired) electrons. The molecule has 190 valence electrons. The van der Waals surface area contributed by atoms with Gasteiger partial charge < -0.3 is 31.6 Å². The second kappa shape index (κ2) is 12.7. The van der Waals surface area contributed by atoms with Crippen LogP contribution in [0.3, 0.4) is 0 Å². The van der Waals surface area contributed by atoms with Crippen molar-refractivity contribution in [2.24, 2.45) is 5.73 Å². The molecular weight excluding hydrogens is 454 g/mol. The Kier molecular flexibility index (Phi) is 9.41. The molecule has 1 aliphatic heterocycles. The van der Waals surface area contributed by atoms with Crippen LogP contribution in [0.4, 0.5) is 5.95 Å². The van der Waals surface area contributed by atoms with Crippen molar-refractivity contribution in [3.05, 3.63) is 42.2 Å². The van der Waals surface area contributed by atoms with Gasteiger partial charge in [-0.3, -0.25) is 4.79 Å². The quantitative estimate of drug-likeness (QED) is 0.230. The Morgan fingerprint density at radius 3 is 2.66 bits per heavy atom. The van der Waals surface area contributed by atoms with Crippen LogP contribution in [-0.4, -0.2) is 74.0 Å². The van der Waals surface area contributed by atoms with Crippen molar-refractivity contribution in [1.29, 1.82) is 0 Å². The average molecular weight is 488 g/mol. The summed E-state index contributed by atoms with van der Waals surface area (Å²) in [5, 5.41) is 13.4. The van der Waals surface area contributed by atoms with Crippen LogP contribution in [0.1, 0.15) is 44.1 Å². The number of aromatic nitrogens is 3. The maximum absolute atomic E-state index is 12.9. The largest absolute Gasteiger partial charge is 0.479 e. The van der Waals surface area contributed by atoms with Gasteiger partial charge in [0.25, 0.3) is 0 Å². The molecule has 3 atom stereocenters. The van der Waals surface area contributed by atoms with Gasteiger partial charge in [-0.05, 0) is 50.5 Å². The van der Waals surface area contributed by atoms with E-state index < -0.39 is 30.1 Å². The van der Waals surface area contributed by atoms with Gasteiger partial charge in [0.1, 0.15) is 12.4 Å². The first-order chi connectivity index (χ1) is 16.8.